The number of carbonyl (C=O) groups is 2. The molecule has 7 heteroatoms. The Morgan fingerprint density at radius 1 is 1.48 bits per heavy atom. The van der Waals surface area contributed by atoms with E-state index < -0.39 is 0 Å². The molecule has 0 bridgehead atoms. The lowest BCUT2D eigenvalue weighted by atomic mass is 9.79. The highest BCUT2D eigenvalue weighted by Crippen LogP contribution is 2.39. The van der Waals surface area contributed by atoms with Crippen LogP contribution in [0.4, 0.5) is 5.69 Å². The Kier molecular flexibility index (Phi) is 2.93. The molecule has 0 aromatic carbocycles. The maximum atomic E-state index is 12.5. The first-order valence-electron chi connectivity index (χ1n) is 6.95. The van der Waals surface area contributed by atoms with Crippen LogP contribution in [0.2, 0.25) is 0 Å². The number of likely N-dealkylation sites (tertiary alicyclic amines) is 1. The highest BCUT2D eigenvalue weighted by molar-refractivity contribution is 8.00. The van der Waals surface area contributed by atoms with Crippen LogP contribution in [0, 0.1) is 5.41 Å². The number of fused-ring (bicyclic) bond motifs is 1. The van der Waals surface area contributed by atoms with E-state index in [0.717, 1.165) is 37.8 Å². The van der Waals surface area contributed by atoms with E-state index in [4.69, 9.17) is 4.74 Å². The Hall–Kier alpha value is -1.60. The average molecular weight is 305 g/mol. The summed E-state index contributed by atoms with van der Waals surface area (Å²) in [6.45, 7) is 3.06. The summed E-state index contributed by atoms with van der Waals surface area (Å²) in [5, 5.41) is 3.54. The fourth-order valence-corrected chi connectivity index (χ4v) is 3.82. The van der Waals surface area contributed by atoms with Crippen molar-refractivity contribution >= 4 is 29.3 Å². The number of hydrogen-bond acceptors (Lipinski definition) is 5. The summed E-state index contributed by atoms with van der Waals surface area (Å²) in [6, 6.07) is 1.73. The number of nitrogens with zero attached hydrogens (tertiary/aromatic N) is 2. The van der Waals surface area contributed by atoms with Crippen LogP contribution in [-0.2, 0) is 9.53 Å². The van der Waals surface area contributed by atoms with E-state index in [2.05, 4.69) is 10.3 Å². The lowest BCUT2D eigenvalue weighted by Gasteiger charge is -2.47. The molecule has 1 aromatic rings. The zero-order valence-corrected chi connectivity index (χ0v) is 12.2. The number of pyridine rings is 1. The van der Waals surface area contributed by atoms with E-state index in [9.17, 15) is 9.59 Å². The second-order valence-corrected chi connectivity index (χ2v) is 6.84. The van der Waals surface area contributed by atoms with Crippen LogP contribution in [-0.4, -0.2) is 53.8 Å². The molecule has 3 aliphatic rings. The van der Waals surface area contributed by atoms with Gasteiger partial charge in [0, 0.05) is 31.3 Å². The predicted molar refractivity (Wildman–Crippen MR) is 77.4 cm³/mol. The summed E-state index contributed by atoms with van der Waals surface area (Å²) < 4.78 is 5.42. The summed E-state index contributed by atoms with van der Waals surface area (Å²) >= 11 is 1.40. The summed E-state index contributed by atoms with van der Waals surface area (Å²) in [4.78, 5) is 30.0. The van der Waals surface area contributed by atoms with E-state index in [1.165, 1.54) is 11.8 Å². The van der Waals surface area contributed by atoms with Crippen LogP contribution in [0.25, 0.3) is 0 Å². The molecule has 2 saturated heterocycles. The Morgan fingerprint density at radius 3 is 3.10 bits per heavy atom. The molecule has 0 atom stereocenters. The van der Waals surface area contributed by atoms with Gasteiger partial charge in [0.1, 0.15) is 5.03 Å². The van der Waals surface area contributed by atoms with Gasteiger partial charge in [-0.05, 0) is 12.5 Å². The van der Waals surface area contributed by atoms with Gasteiger partial charge >= 0.3 is 0 Å². The lowest BCUT2D eigenvalue weighted by molar-refractivity contribution is -0.113. The van der Waals surface area contributed by atoms with Gasteiger partial charge in [0.05, 0.1) is 23.6 Å². The quantitative estimate of drug-likeness (QED) is 0.838. The molecule has 21 heavy (non-hydrogen) atoms. The van der Waals surface area contributed by atoms with E-state index >= 15 is 0 Å². The monoisotopic (exact) mass is 305 g/mol. The molecule has 4 rings (SSSR count). The van der Waals surface area contributed by atoms with Gasteiger partial charge in [-0.3, -0.25) is 9.59 Å². The summed E-state index contributed by atoms with van der Waals surface area (Å²) in [5.41, 5.74) is 1.35. The fourth-order valence-electron chi connectivity index (χ4n) is 3.08. The van der Waals surface area contributed by atoms with Gasteiger partial charge in [-0.2, -0.15) is 0 Å². The molecule has 2 fully saturated rings. The third-order valence-electron chi connectivity index (χ3n) is 4.24. The number of rotatable bonds is 1. The molecule has 0 aliphatic carbocycles. The normalized spacial score (nSPS) is 22.7. The first-order valence-corrected chi connectivity index (χ1v) is 7.94. The molecular formula is C14H15N3O3S. The molecule has 1 aromatic heterocycles. The van der Waals surface area contributed by atoms with E-state index in [-0.39, 0.29) is 17.2 Å². The highest BCUT2D eigenvalue weighted by Gasteiger charge is 2.47. The Morgan fingerprint density at radius 2 is 2.33 bits per heavy atom. The molecule has 1 spiro atoms. The van der Waals surface area contributed by atoms with Gasteiger partial charge in [-0.1, -0.05) is 11.8 Å². The van der Waals surface area contributed by atoms with Crippen LogP contribution < -0.4 is 5.32 Å². The Balaban J connectivity index is 1.50. The third-order valence-corrected chi connectivity index (χ3v) is 5.24. The van der Waals surface area contributed by atoms with Gasteiger partial charge in [-0.15, -0.1) is 0 Å². The van der Waals surface area contributed by atoms with Crippen molar-refractivity contribution in [3.05, 3.63) is 17.8 Å². The SMILES string of the molecule is O=C1CSc2ncc(C(=O)N3CC4(CCOC4)C3)cc2N1. The predicted octanol–water partition coefficient (Wildman–Crippen LogP) is 0.988. The van der Waals surface area contributed by atoms with E-state index in [0.29, 0.717) is 17.0 Å². The first kappa shape index (κ1) is 13.1. The van der Waals surface area contributed by atoms with Gasteiger partial charge in [0.2, 0.25) is 5.91 Å². The fraction of sp³-hybridized carbons (Fsp3) is 0.500. The van der Waals surface area contributed by atoms with Crippen LogP contribution in [0.1, 0.15) is 16.8 Å². The second kappa shape index (κ2) is 4.71. The maximum absolute atomic E-state index is 12.5. The average Bonchev–Trinajstić information content (AvgIpc) is 2.94. The van der Waals surface area contributed by atoms with Crippen molar-refractivity contribution in [3.8, 4) is 0 Å². The minimum Gasteiger partial charge on any atom is -0.381 e. The lowest BCUT2D eigenvalue weighted by Crippen LogP contribution is -2.58. The third kappa shape index (κ3) is 2.20. The van der Waals surface area contributed by atoms with E-state index in [1.807, 2.05) is 4.90 Å². The highest BCUT2D eigenvalue weighted by atomic mass is 32.2. The molecule has 4 heterocycles. The van der Waals surface area contributed by atoms with Gasteiger partial charge < -0.3 is 15.0 Å². The van der Waals surface area contributed by atoms with Gasteiger partial charge in [-0.25, -0.2) is 4.98 Å². The Labute approximate surface area is 126 Å². The second-order valence-electron chi connectivity index (χ2n) is 5.88. The van der Waals surface area contributed by atoms with Crippen molar-refractivity contribution in [2.45, 2.75) is 11.4 Å². The summed E-state index contributed by atoms with van der Waals surface area (Å²) in [5.74, 6) is 0.305. The molecule has 0 saturated carbocycles. The van der Waals surface area contributed by atoms with Crippen LogP contribution in [0.15, 0.2) is 17.3 Å². The number of hydrogen-bond donors (Lipinski definition) is 1. The van der Waals surface area contributed by atoms with Crippen molar-refractivity contribution in [2.75, 3.05) is 37.4 Å². The molecular weight excluding hydrogens is 290 g/mol. The van der Waals surface area contributed by atoms with Crippen molar-refractivity contribution < 1.29 is 14.3 Å². The first-order chi connectivity index (χ1) is 10.2. The van der Waals surface area contributed by atoms with Crippen LogP contribution in [0.3, 0.4) is 0 Å². The number of nitrogens with one attached hydrogen (secondary N) is 1. The van der Waals surface area contributed by atoms with E-state index in [1.54, 1.807) is 12.3 Å². The number of anilines is 1. The number of carbonyl (C=O) groups excluding carboxylic acids is 2. The molecule has 2 amide bonds. The number of ether oxygens (including phenoxy) is 1. The summed E-state index contributed by atoms with van der Waals surface area (Å²) in [6.07, 6.45) is 2.63. The molecule has 0 unspecified atom stereocenters. The molecule has 1 N–H and O–H groups in total. The van der Waals surface area contributed by atoms with Crippen LogP contribution >= 0.6 is 11.8 Å². The smallest absolute Gasteiger partial charge is 0.255 e. The minimum atomic E-state index is -0.0510. The topological polar surface area (TPSA) is 71.5 Å². The van der Waals surface area contributed by atoms with Crippen molar-refractivity contribution in [1.82, 2.24) is 9.88 Å². The van der Waals surface area contributed by atoms with Crippen LogP contribution in [0.5, 0.6) is 0 Å². The van der Waals surface area contributed by atoms with Gasteiger partial charge in [0.15, 0.2) is 0 Å². The standard InChI is InChI=1S/C14H15N3O3S/c18-11-5-21-12-10(16-11)3-9(4-15-12)13(19)17-6-14(7-17)1-2-20-8-14/h3-4H,1-2,5-8H2,(H,16,18). The number of aromatic nitrogens is 1. The molecule has 110 valence electrons. The maximum Gasteiger partial charge on any atom is 0.255 e. The largest absolute Gasteiger partial charge is 0.381 e. The van der Waals surface area contributed by atoms with Gasteiger partial charge in [0.25, 0.3) is 5.91 Å². The molecule has 0 radical (unpaired) electrons. The van der Waals surface area contributed by atoms with Crippen molar-refractivity contribution in [3.63, 3.8) is 0 Å². The minimum absolute atomic E-state index is 0.0207. The Bertz CT molecular complexity index is 620. The van der Waals surface area contributed by atoms with Crippen molar-refractivity contribution in [2.24, 2.45) is 5.41 Å². The zero-order chi connectivity index (χ0) is 14.4. The zero-order valence-electron chi connectivity index (χ0n) is 11.4. The molecule has 6 nitrogen and oxygen atoms in total. The number of thioether (sulfide) groups is 1. The van der Waals surface area contributed by atoms with Crippen molar-refractivity contribution in [1.29, 1.82) is 0 Å². The molecule has 3 aliphatic heterocycles. The number of amides is 2. The summed E-state index contributed by atoms with van der Waals surface area (Å²) in [7, 11) is 0.